The SMILES string of the molecule is CCNC(=NCCCN1CCN(C)CC1c1ccccc1)NC1CC2CCC1O2.I. The van der Waals surface area contributed by atoms with Crippen LogP contribution in [-0.4, -0.2) is 80.3 Å². The van der Waals surface area contributed by atoms with Gasteiger partial charge in [0.25, 0.3) is 0 Å². The van der Waals surface area contributed by atoms with Gasteiger partial charge in [0.15, 0.2) is 5.96 Å². The predicted molar refractivity (Wildman–Crippen MR) is 134 cm³/mol. The number of halogens is 1. The molecular weight excluding hydrogens is 489 g/mol. The fourth-order valence-corrected chi connectivity index (χ4v) is 4.97. The van der Waals surface area contributed by atoms with Crippen LogP contribution >= 0.6 is 24.0 Å². The Kier molecular flexibility index (Phi) is 9.22. The quantitative estimate of drug-likeness (QED) is 0.247. The van der Waals surface area contributed by atoms with Crippen LogP contribution in [0.15, 0.2) is 35.3 Å². The van der Waals surface area contributed by atoms with Crippen LogP contribution in [0.25, 0.3) is 0 Å². The fourth-order valence-electron chi connectivity index (χ4n) is 4.97. The second-order valence-electron chi connectivity index (χ2n) is 8.70. The number of piperazine rings is 1. The topological polar surface area (TPSA) is 52.1 Å². The summed E-state index contributed by atoms with van der Waals surface area (Å²) < 4.78 is 5.98. The van der Waals surface area contributed by atoms with Gasteiger partial charge in [0.1, 0.15) is 0 Å². The van der Waals surface area contributed by atoms with Crippen LogP contribution in [0.5, 0.6) is 0 Å². The Labute approximate surface area is 198 Å². The summed E-state index contributed by atoms with van der Waals surface area (Å²) in [6, 6.07) is 11.8. The van der Waals surface area contributed by atoms with Gasteiger partial charge in [0.2, 0.25) is 0 Å². The number of ether oxygens (including phenoxy) is 1. The minimum atomic E-state index is 0. The average molecular weight is 527 g/mol. The number of benzene rings is 1. The first-order valence-electron chi connectivity index (χ1n) is 11.4. The third-order valence-electron chi connectivity index (χ3n) is 6.52. The van der Waals surface area contributed by atoms with Crippen molar-refractivity contribution in [3.05, 3.63) is 35.9 Å². The lowest BCUT2D eigenvalue weighted by molar-refractivity contribution is 0.0894. The van der Waals surface area contributed by atoms with Crippen LogP contribution in [-0.2, 0) is 4.74 Å². The molecule has 3 fully saturated rings. The van der Waals surface area contributed by atoms with Crippen LogP contribution in [0.2, 0.25) is 0 Å². The second-order valence-corrected chi connectivity index (χ2v) is 8.70. The smallest absolute Gasteiger partial charge is 0.191 e. The van der Waals surface area contributed by atoms with E-state index >= 15 is 0 Å². The summed E-state index contributed by atoms with van der Waals surface area (Å²) in [5, 5.41) is 7.03. The van der Waals surface area contributed by atoms with E-state index in [1.807, 2.05) is 0 Å². The summed E-state index contributed by atoms with van der Waals surface area (Å²) in [7, 11) is 2.23. The van der Waals surface area contributed by atoms with E-state index in [1.165, 1.54) is 18.4 Å². The van der Waals surface area contributed by atoms with Gasteiger partial charge in [0, 0.05) is 45.3 Å². The molecule has 0 amide bonds. The summed E-state index contributed by atoms with van der Waals surface area (Å²) in [5.41, 5.74) is 1.42. The molecule has 1 aromatic rings. The van der Waals surface area contributed by atoms with E-state index < -0.39 is 0 Å². The number of aliphatic imine (C=N–C) groups is 1. The lowest BCUT2D eigenvalue weighted by Crippen LogP contribution is -2.48. The van der Waals surface area contributed by atoms with E-state index in [4.69, 9.17) is 9.73 Å². The maximum absolute atomic E-state index is 5.98. The standard InChI is InChI=1S/C23H37N5O.HI/c1-3-24-23(26-20-16-19-10-11-22(20)29-19)25-12-7-13-28-15-14-27(2)17-21(28)18-8-5-4-6-9-18;/h4-6,8-9,19-22H,3,7,10-17H2,1-2H3,(H2,24,25,26);1H. The van der Waals surface area contributed by atoms with Crippen molar-refractivity contribution < 1.29 is 4.74 Å². The molecule has 3 saturated heterocycles. The Balaban J connectivity index is 0.00000256. The maximum atomic E-state index is 5.98. The number of rotatable bonds is 7. The van der Waals surface area contributed by atoms with Gasteiger partial charge < -0.3 is 20.3 Å². The third-order valence-corrected chi connectivity index (χ3v) is 6.52. The number of guanidine groups is 1. The highest BCUT2D eigenvalue weighted by molar-refractivity contribution is 14.0. The van der Waals surface area contributed by atoms with Gasteiger partial charge in [-0.25, -0.2) is 0 Å². The van der Waals surface area contributed by atoms with Gasteiger partial charge in [0.05, 0.1) is 18.2 Å². The number of nitrogens with zero attached hydrogens (tertiary/aromatic N) is 3. The van der Waals surface area contributed by atoms with E-state index in [0.717, 1.165) is 58.1 Å². The molecule has 30 heavy (non-hydrogen) atoms. The highest BCUT2D eigenvalue weighted by Crippen LogP contribution is 2.34. The average Bonchev–Trinajstić information content (AvgIpc) is 3.36. The van der Waals surface area contributed by atoms with E-state index in [1.54, 1.807) is 0 Å². The molecule has 3 aliphatic heterocycles. The Morgan fingerprint density at radius 3 is 2.73 bits per heavy atom. The lowest BCUT2D eigenvalue weighted by atomic mass is 9.96. The van der Waals surface area contributed by atoms with Crippen LogP contribution in [0.3, 0.4) is 0 Å². The Hall–Kier alpha value is -0.900. The Morgan fingerprint density at radius 2 is 2.03 bits per heavy atom. The molecule has 1 aromatic carbocycles. The number of likely N-dealkylation sites (N-methyl/N-ethyl adjacent to an activating group) is 1. The predicted octanol–water partition coefficient (Wildman–Crippen LogP) is 2.86. The van der Waals surface area contributed by atoms with Gasteiger partial charge in [-0.3, -0.25) is 9.89 Å². The van der Waals surface area contributed by atoms with Gasteiger partial charge in [-0.1, -0.05) is 30.3 Å². The van der Waals surface area contributed by atoms with E-state index in [0.29, 0.717) is 24.3 Å². The first-order chi connectivity index (χ1) is 14.2. The van der Waals surface area contributed by atoms with Crippen molar-refractivity contribution in [1.82, 2.24) is 20.4 Å². The summed E-state index contributed by atoms with van der Waals surface area (Å²) in [6.45, 7) is 8.33. The fraction of sp³-hybridized carbons (Fsp3) is 0.696. The molecular formula is C23H38IN5O. The van der Waals surface area contributed by atoms with Crippen molar-refractivity contribution >= 4 is 29.9 Å². The van der Waals surface area contributed by atoms with Crippen LogP contribution in [0.1, 0.15) is 44.2 Å². The van der Waals surface area contributed by atoms with Crippen molar-refractivity contribution in [3.8, 4) is 0 Å². The summed E-state index contributed by atoms with van der Waals surface area (Å²) in [6.07, 6.45) is 5.45. The van der Waals surface area contributed by atoms with Crippen molar-refractivity contribution in [3.63, 3.8) is 0 Å². The molecule has 6 nitrogen and oxygen atoms in total. The molecule has 0 aliphatic carbocycles. The number of nitrogens with one attached hydrogen (secondary N) is 2. The zero-order valence-corrected chi connectivity index (χ0v) is 20.8. The normalized spacial score (nSPS) is 29.6. The van der Waals surface area contributed by atoms with Gasteiger partial charge in [-0.2, -0.15) is 0 Å². The lowest BCUT2D eigenvalue weighted by Gasteiger charge is -2.40. The molecule has 3 heterocycles. The zero-order chi connectivity index (χ0) is 20.1. The molecule has 2 N–H and O–H groups in total. The Bertz CT molecular complexity index is 673. The molecule has 7 heteroatoms. The Morgan fingerprint density at radius 1 is 1.20 bits per heavy atom. The van der Waals surface area contributed by atoms with E-state index in [-0.39, 0.29) is 24.0 Å². The molecule has 4 rings (SSSR count). The van der Waals surface area contributed by atoms with Crippen LogP contribution < -0.4 is 10.6 Å². The van der Waals surface area contributed by atoms with Crippen molar-refractivity contribution in [1.29, 1.82) is 0 Å². The van der Waals surface area contributed by atoms with Gasteiger partial charge in [-0.15, -0.1) is 24.0 Å². The minimum Gasteiger partial charge on any atom is -0.373 e. The molecule has 4 atom stereocenters. The van der Waals surface area contributed by atoms with Gasteiger partial charge >= 0.3 is 0 Å². The van der Waals surface area contributed by atoms with Crippen molar-refractivity contribution in [2.75, 3.05) is 46.3 Å². The zero-order valence-electron chi connectivity index (χ0n) is 18.4. The first kappa shape index (κ1) is 23.8. The largest absolute Gasteiger partial charge is 0.373 e. The summed E-state index contributed by atoms with van der Waals surface area (Å²) >= 11 is 0. The summed E-state index contributed by atoms with van der Waals surface area (Å²) in [4.78, 5) is 9.93. The maximum Gasteiger partial charge on any atom is 0.191 e. The highest BCUT2D eigenvalue weighted by atomic mass is 127. The van der Waals surface area contributed by atoms with Crippen LogP contribution in [0.4, 0.5) is 0 Å². The van der Waals surface area contributed by atoms with Crippen LogP contribution in [0, 0.1) is 0 Å². The number of fused-ring (bicyclic) bond motifs is 2. The minimum absolute atomic E-state index is 0. The monoisotopic (exact) mass is 527 g/mol. The van der Waals surface area contributed by atoms with E-state index in [2.05, 4.69) is 64.7 Å². The molecule has 0 aromatic heterocycles. The molecule has 0 spiro atoms. The molecule has 2 bridgehead atoms. The molecule has 4 unspecified atom stereocenters. The number of hydrogen-bond donors (Lipinski definition) is 2. The third kappa shape index (κ3) is 6.08. The first-order valence-corrected chi connectivity index (χ1v) is 11.4. The van der Waals surface area contributed by atoms with Crippen molar-refractivity contribution in [2.24, 2.45) is 4.99 Å². The van der Waals surface area contributed by atoms with E-state index in [9.17, 15) is 0 Å². The number of hydrogen-bond acceptors (Lipinski definition) is 4. The summed E-state index contributed by atoms with van der Waals surface area (Å²) in [5.74, 6) is 0.951. The molecule has 0 saturated carbocycles. The molecule has 0 radical (unpaired) electrons. The molecule has 3 aliphatic rings. The second kappa shape index (κ2) is 11.6. The van der Waals surface area contributed by atoms with Crippen molar-refractivity contribution in [2.45, 2.75) is 56.9 Å². The highest BCUT2D eigenvalue weighted by Gasteiger charge is 2.41. The molecule has 168 valence electrons. The van der Waals surface area contributed by atoms with Gasteiger partial charge in [-0.05, 0) is 45.2 Å².